The third kappa shape index (κ3) is 2.17. The van der Waals surface area contributed by atoms with E-state index in [1.54, 1.807) is 4.57 Å². The molecule has 0 saturated heterocycles. The Morgan fingerprint density at radius 3 is 1.92 bits per heavy atom. The van der Waals surface area contributed by atoms with Crippen LogP contribution in [0.15, 0.2) is 18.2 Å². The van der Waals surface area contributed by atoms with Gasteiger partial charge in [-0.3, -0.25) is 0 Å². The third-order valence-electron chi connectivity index (χ3n) is 1.76. The Balaban J connectivity index is 0.00000121. The third-order valence-corrected chi connectivity index (χ3v) is 1.76. The predicted molar refractivity (Wildman–Crippen MR) is 39.5 cm³/mol. The van der Waals surface area contributed by atoms with Crippen LogP contribution in [-0.2, 0) is 20.3 Å². The van der Waals surface area contributed by atoms with Crippen molar-refractivity contribution >= 4 is 0 Å². The zero-order valence-corrected chi connectivity index (χ0v) is 7.62. The monoisotopic (exact) mass is 189 g/mol. The van der Waals surface area contributed by atoms with Crippen LogP contribution in [0.1, 0.15) is 11.4 Å². The van der Waals surface area contributed by atoms with Crippen LogP contribution >= 0.6 is 0 Å². The van der Waals surface area contributed by atoms with Crippen molar-refractivity contribution in [2.24, 2.45) is 7.05 Å². The molecule has 1 aromatic heterocycles. The molecule has 1 aromatic rings. The van der Waals surface area contributed by atoms with Gasteiger partial charge in [0.1, 0.15) is 20.3 Å². The molecule has 0 saturated carbocycles. The minimum Gasteiger partial charge on any atom is -1.00 e. The van der Waals surface area contributed by atoms with Crippen LogP contribution in [0.4, 0.5) is 0 Å². The highest BCUT2D eigenvalue weighted by atomic mass is 35.5. The fraction of sp³-hybridized carbons (Fsp3) is 0.375. The van der Waals surface area contributed by atoms with Crippen molar-refractivity contribution in [1.82, 2.24) is 0 Å². The fourth-order valence-electron chi connectivity index (χ4n) is 0.996. The number of hydrogen-bond acceptors (Lipinski definition) is 2. The maximum atomic E-state index is 8.84. The summed E-state index contributed by atoms with van der Waals surface area (Å²) in [6.45, 7) is 0.00861. The Morgan fingerprint density at radius 2 is 1.58 bits per heavy atom. The highest BCUT2D eigenvalue weighted by molar-refractivity contribution is 5.02. The first kappa shape index (κ1) is 11.4. The van der Waals surface area contributed by atoms with Gasteiger partial charge >= 0.3 is 0 Å². The second-order valence-electron chi connectivity index (χ2n) is 2.38. The average molecular weight is 190 g/mol. The molecule has 0 spiro atoms. The number of halogens is 1. The van der Waals surface area contributed by atoms with Crippen molar-refractivity contribution in [3.8, 4) is 0 Å². The van der Waals surface area contributed by atoms with Crippen LogP contribution in [0.5, 0.6) is 0 Å². The highest BCUT2D eigenvalue weighted by Gasteiger charge is 2.08. The van der Waals surface area contributed by atoms with Crippen molar-refractivity contribution in [3.63, 3.8) is 0 Å². The molecular formula is C8H12ClNO2. The topological polar surface area (TPSA) is 44.3 Å². The molecule has 4 heteroatoms. The van der Waals surface area contributed by atoms with E-state index in [2.05, 4.69) is 0 Å². The average Bonchev–Trinajstić information content (AvgIpc) is 2.05. The van der Waals surface area contributed by atoms with E-state index in [4.69, 9.17) is 10.2 Å². The van der Waals surface area contributed by atoms with Crippen LogP contribution in [0.3, 0.4) is 0 Å². The van der Waals surface area contributed by atoms with Crippen molar-refractivity contribution in [3.05, 3.63) is 29.6 Å². The van der Waals surface area contributed by atoms with Gasteiger partial charge in [0.2, 0.25) is 11.4 Å². The summed E-state index contributed by atoms with van der Waals surface area (Å²) in [7, 11) is 1.82. The van der Waals surface area contributed by atoms with Crippen LogP contribution < -0.4 is 17.0 Å². The number of aliphatic hydroxyl groups is 2. The summed E-state index contributed by atoms with van der Waals surface area (Å²) in [4.78, 5) is 0. The fourth-order valence-corrected chi connectivity index (χ4v) is 0.996. The summed E-state index contributed by atoms with van der Waals surface area (Å²) in [5.74, 6) is 0. The Labute approximate surface area is 77.7 Å². The summed E-state index contributed by atoms with van der Waals surface area (Å²) in [6, 6.07) is 5.45. The SMILES string of the molecule is C[n+]1c(CO)cccc1CO.[Cl-]. The molecule has 0 bridgehead atoms. The molecule has 0 atom stereocenters. The maximum absolute atomic E-state index is 8.84. The molecule has 0 aliphatic carbocycles. The molecule has 0 aliphatic heterocycles. The van der Waals surface area contributed by atoms with Crippen LogP contribution in [0, 0.1) is 0 Å². The standard InChI is InChI=1S/C8H12NO2.ClH/c1-9-7(5-10)3-2-4-8(9)6-11;/h2-4,10-11H,5-6H2,1H3;1H/q+1;/p-1. The van der Waals surface area contributed by atoms with E-state index >= 15 is 0 Å². The first-order valence-electron chi connectivity index (χ1n) is 3.48. The van der Waals surface area contributed by atoms with Crippen molar-refractivity contribution in [2.75, 3.05) is 0 Å². The summed E-state index contributed by atoms with van der Waals surface area (Å²) in [6.07, 6.45) is 0. The van der Waals surface area contributed by atoms with Crippen molar-refractivity contribution in [1.29, 1.82) is 0 Å². The number of pyridine rings is 1. The molecule has 2 N–H and O–H groups in total. The molecule has 0 amide bonds. The molecule has 0 aromatic carbocycles. The molecule has 3 nitrogen and oxygen atoms in total. The molecule has 1 heterocycles. The molecule has 0 unspecified atom stereocenters. The van der Waals surface area contributed by atoms with Gasteiger partial charge in [-0.2, -0.15) is 4.57 Å². The first-order valence-corrected chi connectivity index (χ1v) is 3.48. The van der Waals surface area contributed by atoms with E-state index in [0.29, 0.717) is 0 Å². The number of aliphatic hydroxyl groups excluding tert-OH is 2. The van der Waals surface area contributed by atoms with E-state index < -0.39 is 0 Å². The first-order chi connectivity index (χ1) is 5.29. The van der Waals surface area contributed by atoms with E-state index in [1.165, 1.54) is 0 Å². The van der Waals surface area contributed by atoms with Gasteiger partial charge in [-0.25, -0.2) is 0 Å². The van der Waals surface area contributed by atoms with E-state index in [9.17, 15) is 0 Å². The molecule has 0 fully saturated rings. The second-order valence-corrected chi connectivity index (χ2v) is 2.38. The Morgan fingerprint density at radius 1 is 1.17 bits per heavy atom. The van der Waals surface area contributed by atoms with Gasteiger partial charge in [-0.05, 0) is 6.07 Å². The Kier molecular flexibility index (Phi) is 4.81. The van der Waals surface area contributed by atoms with Crippen LogP contribution in [0.2, 0.25) is 0 Å². The lowest BCUT2D eigenvalue weighted by Crippen LogP contribution is -3.00. The lowest BCUT2D eigenvalue weighted by atomic mass is 10.3. The van der Waals surface area contributed by atoms with E-state index in [-0.39, 0.29) is 25.6 Å². The maximum Gasteiger partial charge on any atom is 0.207 e. The molecule has 1 rings (SSSR count). The van der Waals surface area contributed by atoms with Gasteiger partial charge in [0, 0.05) is 12.1 Å². The lowest BCUT2D eigenvalue weighted by Gasteiger charge is -1.99. The minimum absolute atomic E-state index is 0. The number of aromatic nitrogens is 1. The summed E-state index contributed by atoms with van der Waals surface area (Å²) in [5, 5.41) is 17.7. The van der Waals surface area contributed by atoms with Gasteiger partial charge in [0.05, 0.1) is 0 Å². The number of rotatable bonds is 2. The van der Waals surface area contributed by atoms with E-state index in [0.717, 1.165) is 11.4 Å². The predicted octanol–water partition coefficient (Wildman–Crippen LogP) is -3.50. The normalized spacial score (nSPS) is 9.25. The molecule has 12 heavy (non-hydrogen) atoms. The van der Waals surface area contributed by atoms with E-state index in [1.807, 2.05) is 25.2 Å². The highest BCUT2D eigenvalue weighted by Crippen LogP contribution is 1.95. The minimum atomic E-state index is 0. The Bertz CT molecular complexity index is 231. The second kappa shape index (κ2) is 5.09. The summed E-state index contributed by atoms with van der Waals surface area (Å²) < 4.78 is 1.78. The largest absolute Gasteiger partial charge is 1.00 e. The molecule has 0 radical (unpaired) electrons. The zero-order valence-electron chi connectivity index (χ0n) is 6.87. The van der Waals surface area contributed by atoms with Gasteiger partial charge in [-0.1, -0.05) is 0 Å². The smallest absolute Gasteiger partial charge is 0.207 e. The van der Waals surface area contributed by atoms with Crippen molar-refractivity contribution < 1.29 is 27.2 Å². The zero-order chi connectivity index (χ0) is 8.27. The Hall–Kier alpha value is -0.640. The van der Waals surface area contributed by atoms with Gasteiger partial charge in [-0.15, -0.1) is 0 Å². The quantitative estimate of drug-likeness (QED) is 0.475. The van der Waals surface area contributed by atoms with Gasteiger partial charge < -0.3 is 22.6 Å². The summed E-state index contributed by atoms with van der Waals surface area (Å²) >= 11 is 0. The summed E-state index contributed by atoms with van der Waals surface area (Å²) in [5.41, 5.74) is 1.60. The van der Waals surface area contributed by atoms with Crippen LogP contribution in [0.25, 0.3) is 0 Å². The number of nitrogens with zero attached hydrogens (tertiary/aromatic N) is 1. The molecule has 68 valence electrons. The van der Waals surface area contributed by atoms with Gasteiger partial charge in [0.25, 0.3) is 0 Å². The van der Waals surface area contributed by atoms with Crippen LogP contribution in [-0.4, -0.2) is 10.2 Å². The molecule has 0 aliphatic rings. The van der Waals surface area contributed by atoms with Gasteiger partial charge in [0.15, 0.2) is 0 Å². The van der Waals surface area contributed by atoms with Crippen molar-refractivity contribution in [2.45, 2.75) is 13.2 Å². The molecular weight excluding hydrogens is 178 g/mol. The number of hydrogen-bond donors (Lipinski definition) is 2. The lowest BCUT2D eigenvalue weighted by molar-refractivity contribution is -0.690.